The summed E-state index contributed by atoms with van der Waals surface area (Å²) in [6.07, 6.45) is 0. The lowest BCUT2D eigenvalue weighted by Crippen LogP contribution is -2.22. The van der Waals surface area contributed by atoms with Gasteiger partial charge >= 0.3 is 0 Å². The minimum absolute atomic E-state index is 0.177. The molecule has 0 saturated heterocycles. The molecule has 0 aliphatic carbocycles. The molecular formula is C19H16N2O4. The van der Waals surface area contributed by atoms with Gasteiger partial charge in [0.05, 0.1) is 0 Å². The number of hydrogen-bond acceptors (Lipinski definition) is 5. The molecule has 6 heteroatoms. The number of aryl methyl sites for hydroxylation is 1. The highest BCUT2D eigenvalue weighted by molar-refractivity contribution is 5.92. The van der Waals surface area contributed by atoms with E-state index in [4.69, 9.17) is 14.0 Å². The second kappa shape index (κ2) is 6.32. The standard InChI is InChI=1S/C19H16N2O4/c1-12-2-5-14(6-3-12)15-9-18(25-21-15)19(22)20-10-13-4-7-16-17(8-13)24-11-23-16/h2-9H,10-11H2,1H3,(H,20,22). The summed E-state index contributed by atoms with van der Waals surface area (Å²) in [5, 5.41) is 6.78. The van der Waals surface area contributed by atoms with Crippen molar-refractivity contribution in [3.63, 3.8) is 0 Å². The van der Waals surface area contributed by atoms with Crippen molar-refractivity contribution >= 4 is 5.91 Å². The molecule has 4 rings (SSSR count). The Labute approximate surface area is 144 Å². The Balaban J connectivity index is 1.42. The summed E-state index contributed by atoms with van der Waals surface area (Å²) >= 11 is 0. The first-order valence-corrected chi connectivity index (χ1v) is 7.89. The smallest absolute Gasteiger partial charge is 0.290 e. The van der Waals surface area contributed by atoms with Crippen molar-refractivity contribution in [3.05, 3.63) is 65.4 Å². The quantitative estimate of drug-likeness (QED) is 0.791. The van der Waals surface area contributed by atoms with Crippen molar-refractivity contribution in [1.29, 1.82) is 0 Å². The number of carbonyl (C=O) groups excluding carboxylic acids is 1. The van der Waals surface area contributed by atoms with Crippen LogP contribution >= 0.6 is 0 Å². The second-order valence-corrected chi connectivity index (χ2v) is 5.81. The molecule has 25 heavy (non-hydrogen) atoms. The van der Waals surface area contributed by atoms with Gasteiger partial charge in [0.15, 0.2) is 11.5 Å². The minimum Gasteiger partial charge on any atom is -0.454 e. The summed E-state index contributed by atoms with van der Waals surface area (Å²) in [7, 11) is 0. The van der Waals surface area contributed by atoms with Gasteiger partial charge in [-0.25, -0.2) is 0 Å². The molecule has 0 fully saturated rings. The van der Waals surface area contributed by atoms with Gasteiger partial charge in [0.25, 0.3) is 5.91 Å². The minimum atomic E-state index is -0.316. The van der Waals surface area contributed by atoms with E-state index in [0.717, 1.165) is 16.7 Å². The Morgan fingerprint density at radius 3 is 2.72 bits per heavy atom. The van der Waals surface area contributed by atoms with Crippen molar-refractivity contribution < 1.29 is 18.8 Å². The van der Waals surface area contributed by atoms with Crippen LogP contribution in [-0.2, 0) is 6.54 Å². The van der Waals surface area contributed by atoms with E-state index in [1.54, 1.807) is 6.07 Å². The fraction of sp³-hybridized carbons (Fsp3) is 0.158. The average molecular weight is 336 g/mol. The van der Waals surface area contributed by atoms with Crippen LogP contribution in [0.25, 0.3) is 11.3 Å². The van der Waals surface area contributed by atoms with E-state index >= 15 is 0 Å². The highest BCUT2D eigenvalue weighted by Gasteiger charge is 2.16. The maximum absolute atomic E-state index is 12.2. The molecule has 0 atom stereocenters. The molecule has 2 aromatic carbocycles. The monoisotopic (exact) mass is 336 g/mol. The molecule has 2 heterocycles. The van der Waals surface area contributed by atoms with Crippen LogP contribution in [0.5, 0.6) is 11.5 Å². The molecule has 0 spiro atoms. The van der Waals surface area contributed by atoms with Crippen LogP contribution in [0.1, 0.15) is 21.7 Å². The van der Waals surface area contributed by atoms with Crippen molar-refractivity contribution in [3.8, 4) is 22.8 Å². The summed E-state index contributed by atoms with van der Waals surface area (Å²) in [6, 6.07) is 15.1. The van der Waals surface area contributed by atoms with Gasteiger partial charge in [-0.2, -0.15) is 0 Å². The van der Waals surface area contributed by atoms with Crippen LogP contribution in [0.2, 0.25) is 0 Å². The first-order chi connectivity index (χ1) is 12.2. The first kappa shape index (κ1) is 15.3. The number of fused-ring (bicyclic) bond motifs is 1. The van der Waals surface area contributed by atoms with Gasteiger partial charge in [-0.15, -0.1) is 0 Å². The third-order valence-electron chi connectivity index (χ3n) is 3.97. The molecule has 1 amide bonds. The van der Waals surface area contributed by atoms with Crippen LogP contribution in [-0.4, -0.2) is 17.9 Å². The Morgan fingerprint density at radius 1 is 1.08 bits per heavy atom. The molecule has 0 unspecified atom stereocenters. The van der Waals surface area contributed by atoms with Gasteiger partial charge in [-0.3, -0.25) is 4.79 Å². The van der Waals surface area contributed by atoms with Crippen molar-refractivity contribution in [2.24, 2.45) is 0 Å². The Kier molecular flexibility index (Phi) is 3.85. The number of aromatic nitrogens is 1. The predicted octanol–water partition coefficient (Wildman–Crippen LogP) is 3.31. The molecule has 0 radical (unpaired) electrons. The Bertz CT molecular complexity index is 915. The van der Waals surface area contributed by atoms with Gasteiger partial charge in [-0.05, 0) is 24.6 Å². The normalized spacial score (nSPS) is 12.2. The highest BCUT2D eigenvalue weighted by atomic mass is 16.7. The summed E-state index contributed by atoms with van der Waals surface area (Å²) in [5.74, 6) is 1.26. The number of amides is 1. The third-order valence-corrected chi connectivity index (χ3v) is 3.97. The lowest BCUT2D eigenvalue weighted by molar-refractivity contribution is 0.0914. The van der Waals surface area contributed by atoms with Gasteiger partial charge in [0, 0.05) is 18.2 Å². The number of ether oxygens (including phenoxy) is 2. The predicted molar refractivity (Wildman–Crippen MR) is 90.4 cm³/mol. The molecule has 126 valence electrons. The summed E-state index contributed by atoms with van der Waals surface area (Å²) in [4.78, 5) is 12.2. The number of carbonyl (C=O) groups is 1. The average Bonchev–Trinajstić information content (AvgIpc) is 3.29. The molecule has 1 N–H and O–H groups in total. The Morgan fingerprint density at radius 2 is 1.88 bits per heavy atom. The second-order valence-electron chi connectivity index (χ2n) is 5.81. The zero-order valence-corrected chi connectivity index (χ0v) is 13.6. The molecule has 1 aromatic heterocycles. The van der Waals surface area contributed by atoms with E-state index in [1.165, 1.54) is 0 Å². The largest absolute Gasteiger partial charge is 0.454 e. The van der Waals surface area contributed by atoms with Crippen LogP contribution in [0, 0.1) is 6.92 Å². The number of hydrogen-bond donors (Lipinski definition) is 1. The molecular weight excluding hydrogens is 320 g/mol. The fourth-order valence-electron chi connectivity index (χ4n) is 2.56. The molecule has 1 aliphatic heterocycles. The van der Waals surface area contributed by atoms with E-state index in [0.29, 0.717) is 23.7 Å². The molecule has 1 aliphatic rings. The maximum atomic E-state index is 12.2. The van der Waals surface area contributed by atoms with Crippen LogP contribution in [0.15, 0.2) is 53.1 Å². The van der Waals surface area contributed by atoms with Crippen molar-refractivity contribution in [2.45, 2.75) is 13.5 Å². The first-order valence-electron chi connectivity index (χ1n) is 7.89. The van der Waals surface area contributed by atoms with Crippen LogP contribution in [0.3, 0.4) is 0 Å². The topological polar surface area (TPSA) is 73.6 Å². The van der Waals surface area contributed by atoms with Gasteiger partial charge in [0.1, 0.15) is 5.69 Å². The number of rotatable bonds is 4. The summed E-state index contributed by atoms with van der Waals surface area (Å²) in [6.45, 7) is 2.60. The molecule has 3 aromatic rings. The van der Waals surface area contributed by atoms with E-state index in [-0.39, 0.29) is 18.5 Å². The maximum Gasteiger partial charge on any atom is 0.290 e. The van der Waals surface area contributed by atoms with Gasteiger partial charge < -0.3 is 19.3 Å². The zero-order chi connectivity index (χ0) is 17.2. The van der Waals surface area contributed by atoms with Crippen LogP contribution in [0.4, 0.5) is 0 Å². The molecule has 6 nitrogen and oxygen atoms in total. The summed E-state index contributed by atoms with van der Waals surface area (Å²) in [5.41, 5.74) is 3.61. The van der Waals surface area contributed by atoms with Crippen LogP contribution < -0.4 is 14.8 Å². The lowest BCUT2D eigenvalue weighted by Gasteiger charge is -2.04. The summed E-state index contributed by atoms with van der Waals surface area (Å²) < 4.78 is 15.8. The van der Waals surface area contributed by atoms with Crippen molar-refractivity contribution in [1.82, 2.24) is 10.5 Å². The van der Waals surface area contributed by atoms with E-state index in [1.807, 2.05) is 49.4 Å². The van der Waals surface area contributed by atoms with E-state index in [2.05, 4.69) is 10.5 Å². The number of nitrogens with zero attached hydrogens (tertiary/aromatic N) is 1. The lowest BCUT2D eigenvalue weighted by atomic mass is 10.1. The Hall–Kier alpha value is -3.28. The molecule has 0 bridgehead atoms. The number of nitrogens with one attached hydrogen (secondary N) is 1. The fourth-order valence-corrected chi connectivity index (χ4v) is 2.56. The SMILES string of the molecule is Cc1ccc(-c2cc(C(=O)NCc3ccc4c(c3)OCO4)on2)cc1. The van der Waals surface area contributed by atoms with Gasteiger partial charge in [-0.1, -0.05) is 41.1 Å². The van der Waals surface area contributed by atoms with Crippen molar-refractivity contribution in [2.75, 3.05) is 6.79 Å². The third kappa shape index (κ3) is 3.19. The highest BCUT2D eigenvalue weighted by Crippen LogP contribution is 2.32. The molecule has 0 saturated carbocycles. The van der Waals surface area contributed by atoms with E-state index in [9.17, 15) is 4.79 Å². The number of benzene rings is 2. The van der Waals surface area contributed by atoms with Gasteiger partial charge in [0.2, 0.25) is 12.6 Å². The van der Waals surface area contributed by atoms with E-state index < -0.39 is 0 Å². The zero-order valence-electron chi connectivity index (χ0n) is 13.6.